The van der Waals surface area contributed by atoms with E-state index in [0.717, 1.165) is 35.2 Å². The van der Waals surface area contributed by atoms with Crippen molar-refractivity contribution >= 4 is 57.3 Å². The Morgan fingerprint density at radius 3 is 2.34 bits per heavy atom. The molecule has 0 radical (unpaired) electrons. The summed E-state index contributed by atoms with van der Waals surface area (Å²) in [6.45, 7) is -0.237. The number of aromatic nitrogens is 2. The second-order valence-electron chi connectivity index (χ2n) is 6.08. The SMILES string of the molecule is O=C(CSc1nnc(NC(=O)COc2ccc(Cl)cc2)s1)Nc1ccc(C(F)(F)F)cc1. The van der Waals surface area contributed by atoms with Crippen LogP contribution in [0, 0.1) is 0 Å². The number of carbonyl (C=O) groups excluding carboxylic acids is 2. The van der Waals surface area contributed by atoms with Crippen molar-refractivity contribution in [2.45, 2.75) is 10.5 Å². The summed E-state index contributed by atoms with van der Waals surface area (Å²) < 4.78 is 43.5. The van der Waals surface area contributed by atoms with Gasteiger partial charge in [0, 0.05) is 10.7 Å². The maximum absolute atomic E-state index is 12.6. The van der Waals surface area contributed by atoms with Crippen LogP contribution >= 0.6 is 34.7 Å². The molecular formula is C19H14ClF3N4O3S2. The van der Waals surface area contributed by atoms with E-state index >= 15 is 0 Å². The molecule has 0 aliphatic heterocycles. The summed E-state index contributed by atoms with van der Waals surface area (Å²) in [6.07, 6.45) is -4.44. The molecule has 0 saturated heterocycles. The Kier molecular flexibility index (Phi) is 7.94. The fraction of sp³-hybridized carbons (Fsp3) is 0.158. The van der Waals surface area contributed by atoms with E-state index in [0.29, 0.717) is 15.1 Å². The van der Waals surface area contributed by atoms with Crippen LogP contribution in [-0.4, -0.2) is 34.4 Å². The molecule has 1 aromatic heterocycles. The van der Waals surface area contributed by atoms with Crippen LogP contribution < -0.4 is 15.4 Å². The minimum atomic E-state index is -4.44. The molecule has 32 heavy (non-hydrogen) atoms. The fourth-order valence-electron chi connectivity index (χ4n) is 2.22. The van der Waals surface area contributed by atoms with E-state index in [-0.39, 0.29) is 23.2 Å². The van der Waals surface area contributed by atoms with Gasteiger partial charge >= 0.3 is 6.18 Å². The van der Waals surface area contributed by atoms with Gasteiger partial charge in [-0.2, -0.15) is 13.2 Å². The van der Waals surface area contributed by atoms with Crippen LogP contribution in [-0.2, 0) is 15.8 Å². The molecule has 0 fully saturated rings. The summed E-state index contributed by atoms with van der Waals surface area (Å²) in [5.74, 6) is -0.416. The Labute approximate surface area is 193 Å². The van der Waals surface area contributed by atoms with Crippen LogP contribution in [0.25, 0.3) is 0 Å². The highest BCUT2D eigenvalue weighted by Gasteiger charge is 2.30. The standard InChI is InChI=1S/C19H14ClF3N4O3S2/c20-12-3-7-14(8-4-12)30-9-15(28)25-17-26-27-18(32-17)31-10-16(29)24-13-5-1-11(2-6-13)19(21,22)23/h1-8H,9-10H2,(H,24,29)(H,25,26,28). The molecular weight excluding hydrogens is 489 g/mol. The Balaban J connectivity index is 1.42. The van der Waals surface area contributed by atoms with Gasteiger partial charge in [0.15, 0.2) is 10.9 Å². The maximum atomic E-state index is 12.6. The average molecular weight is 503 g/mol. The number of ether oxygens (including phenoxy) is 1. The average Bonchev–Trinajstić information content (AvgIpc) is 3.19. The van der Waals surface area contributed by atoms with E-state index < -0.39 is 23.6 Å². The van der Waals surface area contributed by atoms with Gasteiger partial charge in [0.2, 0.25) is 11.0 Å². The van der Waals surface area contributed by atoms with Crippen LogP contribution in [0.1, 0.15) is 5.56 Å². The van der Waals surface area contributed by atoms with Crippen LogP contribution in [0.4, 0.5) is 24.0 Å². The molecule has 3 aromatic rings. The second-order valence-corrected chi connectivity index (χ2v) is 8.71. The zero-order chi connectivity index (χ0) is 23.1. The third-order valence-corrected chi connectivity index (χ3v) is 5.88. The molecule has 2 amide bonds. The number of nitrogens with one attached hydrogen (secondary N) is 2. The van der Waals surface area contributed by atoms with Crippen molar-refractivity contribution in [3.05, 3.63) is 59.1 Å². The number of nitrogens with zero attached hydrogens (tertiary/aromatic N) is 2. The largest absolute Gasteiger partial charge is 0.484 e. The van der Waals surface area contributed by atoms with E-state index in [2.05, 4.69) is 20.8 Å². The number of hydrogen-bond acceptors (Lipinski definition) is 7. The Hall–Kier alpha value is -2.83. The van der Waals surface area contributed by atoms with Crippen LogP contribution in [0.15, 0.2) is 52.9 Å². The summed E-state index contributed by atoms with van der Waals surface area (Å²) in [6, 6.07) is 10.7. The molecule has 0 aliphatic rings. The molecule has 2 N–H and O–H groups in total. The fourth-order valence-corrected chi connectivity index (χ4v) is 3.91. The number of hydrogen-bond donors (Lipinski definition) is 2. The van der Waals surface area contributed by atoms with Crippen molar-refractivity contribution in [2.75, 3.05) is 23.0 Å². The number of anilines is 2. The van der Waals surface area contributed by atoms with Crippen molar-refractivity contribution in [3.8, 4) is 5.75 Å². The molecule has 7 nitrogen and oxygen atoms in total. The van der Waals surface area contributed by atoms with Crippen molar-refractivity contribution in [1.29, 1.82) is 0 Å². The summed E-state index contributed by atoms with van der Waals surface area (Å²) in [7, 11) is 0. The summed E-state index contributed by atoms with van der Waals surface area (Å²) in [5.41, 5.74) is -0.554. The highest BCUT2D eigenvalue weighted by Crippen LogP contribution is 2.30. The lowest BCUT2D eigenvalue weighted by atomic mass is 10.2. The number of thioether (sulfide) groups is 1. The number of amides is 2. The first-order valence-corrected chi connectivity index (χ1v) is 11.0. The third kappa shape index (κ3) is 7.39. The zero-order valence-electron chi connectivity index (χ0n) is 16.0. The first-order valence-electron chi connectivity index (χ1n) is 8.81. The highest BCUT2D eigenvalue weighted by atomic mass is 35.5. The minimum absolute atomic E-state index is 0.0384. The van der Waals surface area contributed by atoms with Crippen molar-refractivity contribution in [2.24, 2.45) is 0 Å². The normalized spacial score (nSPS) is 11.1. The van der Waals surface area contributed by atoms with Crippen molar-refractivity contribution in [3.63, 3.8) is 0 Å². The van der Waals surface area contributed by atoms with Gasteiger partial charge < -0.3 is 10.1 Å². The monoisotopic (exact) mass is 502 g/mol. The predicted molar refractivity (Wildman–Crippen MR) is 116 cm³/mol. The maximum Gasteiger partial charge on any atom is 0.416 e. The lowest BCUT2D eigenvalue weighted by molar-refractivity contribution is -0.137. The number of alkyl halides is 3. The van der Waals surface area contributed by atoms with Crippen molar-refractivity contribution in [1.82, 2.24) is 10.2 Å². The molecule has 0 unspecified atom stereocenters. The topological polar surface area (TPSA) is 93.2 Å². The molecule has 3 rings (SSSR count). The molecule has 2 aromatic carbocycles. The van der Waals surface area contributed by atoms with Gasteiger partial charge in [-0.05, 0) is 48.5 Å². The lowest BCUT2D eigenvalue weighted by Crippen LogP contribution is -2.20. The van der Waals surface area contributed by atoms with Gasteiger partial charge in [-0.15, -0.1) is 10.2 Å². The van der Waals surface area contributed by atoms with Gasteiger partial charge in [0.05, 0.1) is 11.3 Å². The highest BCUT2D eigenvalue weighted by molar-refractivity contribution is 8.01. The Morgan fingerprint density at radius 1 is 1.00 bits per heavy atom. The third-order valence-electron chi connectivity index (χ3n) is 3.66. The van der Waals surface area contributed by atoms with E-state index in [1.54, 1.807) is 24.3 Å². The summed E-state index contributed by atoms with van der Waals surface area (Å²) in [5, 5.41) is 13.5. The predicted octanol–water partition coefficient (Wildman–Crippen LogP) is 4.96. The summed E-state index contributed by atoms with van der Waals surface area (Å²) in [4.78, 5) is 24.0. The first kappa shape index (κ1) is 23.8. The lowest BCUT2D eigenvalue weighted by Gasteiger charge is -2.08. The number of benzene rings is 2. The van der Waals surface area contributed by atoms with E-state index in [1.165, 1.54) is 12.1 Å². The number of halogens is 4. The van der Waals surface area contributed by atoms with Gasteiger partial charge in [-0.1, -0.05) is 34.7 Å². The van der Waals surface area contributed by atoms with Gasteiger partial charge in [-0.25, -0.2) is 0 Å². The zero-order valence-corrected chi connectivity index (χ0v) is 18.4. The smallest absolute Gasteiger partial charge is 0.416 e. The first-order chi connectivity index (χ1) is 15.2. The molecule has 0 bridgehead atoms. The van der Waals surface area contributed by atoms with E-state index in [4.69, 9.17) is 16.3 Å². The summed E-state index contributed by atoms with van der Waals surface area (Å²) >= 11 is 7.92. The molecule has 0 aliphatic carbocycles. The van der Waals surface area contributed by atoms with E-state index in [9.17, 15) is 22.8 Å². The van der Waals surface area contributed by atoms with E-state index in [1.807, 2.05) is 0 Å². The van der Waals surface area contributed by atoms with Gasteiger partial charge in [-0.3, -0.25) is 14.9 Å². The molecule has 0 spiro atoms. The molecule has 0 saturated carbocycles. The number of carbonyl (C=O) groups is 2. The Bertz CT molecular complexity index is 1080. The van der Waals surface area contributed by atoms with Gasteiger partial charge in [0.25, 0.3) is 5.91 Å². The Morgan fingerprint density at radius 2 is 1.69 bits per heavy atom. The van der Waals surface area contributed by atoms with Crippen LogP contribution in [0.5, 0.6) is 5.75 Å². The molecule has 13 heteroatoms. The second kappa shape index (κ2) is 10.7. The van der Waals surface area contributed by atoms with Crippen LogP contribution in [0.3, 0.4) is 0 Å². The quantitative estimate of drug-likeness (QED) is 0.334. The molecule has 0 atom stereocenters. The van der Waals surface area contributed by atoms with Gasteiger partial charge in [0.1, 0.15) is 5.75 Å². The molecule has 1 heterocycles. The number of rotatable bonds is 8. The van der Waals surface area contributed by atoms with Crippen LogP contribution in [0.2, 0.25) is 5.02 Å². The minimum Gasteiger partial charge on any atom is -0.484 e. The van der Waals surface area contributed by atoms with Crippen molar-refractivity contribution < 1.29 is 27.5 Å². The molecule has 168 valence electrons.